The van der Waals surface area contributed by atoms with E-state index in [4.69, 9.17) is 9.98 Å². The highest BCUT2D eigenvalue weighted by atomic mass is 32.1. The van der Waals surface area contributed by atoms with Crippen LogP contribution < -0.4 is 5.32 Å². The average Bonchev–Trinajstić information content (AvgIpc) is 3.55. The lowest BCUT2D eigenvalue weighted by Crippen LogP contribution is -2.45. The number of fused-ring (bicyclic) bond motifs is 3. The molecule has 0 saturated heterocycles. The largest absolute Gasteiger partial charge is 0.350 e. The maximum absolute atomic E-state index is 5.17. The predicted molar refractivity (Wildman–Crippen MR) is 184 cm³/mol. The Morgan fingerprint density at radius 3 is 2.02 bits per heavy atom. The molecule has 212 valence electrons. The number of hydrogen-bond acceptors (Lipinski definition) is 5. The summed E-state index contributed by atoms with van der Waals surface area (Å²) in [6, 6.07) is 51.4. The molecule has 7 aromatic rings. The number of nitrogens with one attached hydrogen (secondary N) is 1. The van der Waals surface area contributed by atoms with Gasteiger partial charge in [-0.3, -0.25) is 4.90 Å². The highest BCUT2D eigenvalue weighted by molar-refractivity contribution is 7.22. The summed E-state index contributed by atoms with van der Waals surface area (Å²) in [7, 11) is 2.15. The molecule has 1 N–H and O–H groups in total. The summed E-state index contributed by atoms with van der Waals surface area (Å²) < 4.78 is 1.22. The van der Waals surface area contributed by atoms with Gasteiger partial charge in [-0.05, 0) is 52.9 Å². The van der Waals surface area contributed by atoms with Crippen molar-refractivity contribution in [3.63, 3.8) is 0 Å². The Balaban J connectivity index is 1.19. The molecule has 0 spiro atoms. The quantitative estimate of drug-likeness (QED) is 0.218. The van der Waals surface area contributed by atoms with Gasteiger partial charge in [0.05, 0.1) is 10.2 Å². The molecule has 0 saturated carbocycles. The molecule has 1 aliphatic heterocycles. The van der Waals surface area contributed by atoms with Gasteiger partial charge in [0.25, 0.3) is 0 Å². The molecule has 6 aromatic carbocycles. The molecule has 0 radical (unpaired) electrons. The maximum Gasteiger partial charge on any atom is 0.132 e. The number of rotatable bonds is 5. The van der Waals surface area contributed by atoms with Crippen LogP contribution in [0.2, 0.25) is 0 Å². The summed E-state index contributed by atoms with van der Waals surface area (Å²) in [5.74, 6) is 0.903. The molecule has 0 fully saturated rings. The van der Waals surface area contributed by atoms with Crippen molar-refractivity contribution in [3.8, 4) is 21.7 Å². The fourth-order valence-corrected chi connectivity index (χ4v) is 7.20. The number of benzene rings is 6. The van der Waals surface area contributed by atoms with Gasteiger partial charge in [0, 0.05) is 16.5 Å². The molecule has 1 aliphatic rings. The monoisotopic (exact) mass is 586 g/mol. The summed E-state index contributed by atoms with van der Waals surface area (Å²) in [5, 5.41) is 7.27. The lowest BCUT2D eigenvalue weighted by Gasteiger charge is -2.39. The van der Waals surface area contributed by atoms with E-state index in [-0.39, 0.29) is 12.3 Å². The number of amidine groups is 1. The van der Waals surface area contributed by atoms with Crippen LogP contribution in [0, 0.1) is 0 Å². The maximum atomic E-state index is 5.17. The minimum atomic E-state index is -0.111. The third kappa shape index (κ3) is 4.86. The van der Waals surface area contributed by atoms with Gasteiger partial charge in [0.1, 0.15) is 23.2 Å². The molecular formula is C39H30N4S. The summed E-state index contributed by atoms with van der Waals surface area (Å²) in [5.41, 5.74) is 8.02. The van der Waals surface area contributed by atoms with Gasteiger partial charge >= 0.3 is 0 Å². The van der Waals surface area contributed by atoms with Crippen molar-refractivity contribution in [3.05, 3.63) is 162 Å². The van der Waals surface area contributed by atoms with E-state index in [1.165, 1.54) is 37.7 Å². The van der Waals surface area contributed by atoms with Crippen LogP contribution >= 0.6 is 11.3 Å². The molecule has 2 unspecified atom stereocenters. The first-order valence-electron chi connectivity index (χ1n) is 14.9. The van der Waals surface area contributed by atoms with Crippen LogP contribution in [-0.2, 0) is 0 Å². The van der Waals surface area contributed by atoms with Crippen molar-refractivity contribution in [2.24, 2.45) is 4.99 Å². The summed E-state index contributed by atoms with van der Waals surface area (Å²) in [6.07, 6.45) is -0.171. The number of aromatic nitrogens is 1. The molecule has 0 aliphatic carbocycles. The van der Waals surface area contributed by atoms with Crippen LogP contribution in [0.15, 0.2) is 151 Å². The Bertz CT molecular complexity index is 2120. The van der Waals surface area contributed by atoms with Gasteiger partial charge in [-0.15, -0.1) is 11.3 Å². The molecule has 0 bridgehead atoms. The summed E-state index contributed by atoms with van der Waals surface area (Å²) in [6.45, 7) is 0. The zero-order valence-electron chi connectivity index (χ0n) is 24.3. The molecule has 0 amide bonds. The van der Waals surface area contributed by atoms with Crippen LogP contribution in [0.3, 0.4) is 0 Å². The Labute approximate surface area is 261 Å². The lowest BCUT2D eigenvalue weighted by atomic mass is 9.98. The highest BCUT2D eigenvalue weighted by Crippen LogP contribution is 2.38. The molecule has 5 heteroatoms. The van der Waals surface area contributed by atoms with Crippen molar-refractivity contribution in [1.82, 2.24) is 15.2 Å². The van der Waals surface area contributed by atoms with E-state index in [1.807, 2.05) is 12.1 Å². The number of nitrogens with zero attached hydrogens (tertiary/aromatic N) is 3. The first-order chi connectivity index (χ1) is 21.7. The Kier molecular flexibility index (Phi) is 6.75. The zero-order chi connectivity index (χ0) is 29.5. The average molecular weight is 587 g/mol. The van der Waals surface area contributed by atoms with Crippen LogP contribution in [0.1, 0.15) is 29.0 Å². The van der Waals surface area contributed by atoms with E-state index in [0.29, 0.717) is 0 Å². The van der Waals surface area contributed by atoms with E-state index in [1.54, 1.807) is 11.3 Å². The van der Waals surface area contributed by atoms with Crippen molar-refractivity contribution in [2.45, 2.75) is 12.3 Å². The van der Waals surface area contributed by atoms with Crippen LogP contribution in [0.5, 0.6) is 0 Å². The van der Waals surface area contributed by atoms with Crippen molar-refractivity contribution < 1.29 is 0 Å². The minimum absolute atomic E-state index is 0.0602. The van der Waals surface area contributed by atoms with E-state index >= 15 is 0 Å². The summed E-state index contributed by atoms with van der Waals surface area (Å²) >= 11 is 1.77. The fourth-order valence-electron chi connectivity index (χ4n) is 6.11. The third-order valence-corrected chi connectivity index (χ3v) is 9.54. The molecule has 1 aromatic heterocycles. The van der Waals surface area contributed by atoms with Gasteiger partial charge in [-0.1, -0.05) is 127 Å². The third-order valence-electron chi connectivity index (χ3n) is 8.39. The standard InChI is InChI=1S/C39H30N4S/c1-43-37(28-14-7-3-8-15-28)41-36(27-12-5-2-6-13-27)42-38(43)32-19-11-18-30(24-32)31-21-20-26-22-23-34-35(33(26)25-31)44-39(40-34)29-16-9-4-10-17-29/h2-25,37-38H,1H3,(H,41,42). The minimum Gasteiger partial charge on any atom is -0.350 e. The number of aliphatic imine (C=N–C) groups is 1. The fraction of sp³-hybridized carbons (Fsp3) is 0.0769. The second-order valence-electron chi connectivity index (χ2n) is 11.2. The van der Waals surface area contributed by atoms with Gasteiger partial charge in [-0.25, -0.2) is 9.98 Å². The first-order valence-corrected chi connectivity index (χ1v) is 15.7. The molecule has 2 heterocycles. The van der Waals surface area contributed by atoms with E-state index < -0.39 is 0 Å². The smallest absolute Gasteiger partial charge is 0.132 e. The van der Waals surface area contributed by atoms with E-state index in [2.05, 4.69) is 151 Å². The van der Waals surface area contributed by atoms with Crippen LogP contribution in [-0.4, -0.2) is 22.8 Å². The van der Waals surface area contributed by atoms with Gasteiger partial charge < -0.3 is 5.32 Å². The van der Waals surface area contributed by atoms with Crippen molar-refractivity contribution >= 4 is 38.2 Å². The topological polar surface area (TPSA) is 40.5 Å². The highest BCUT2D eigenvalue weighted by Gasteiger charge is 2.31. The first kappa shape index (κ1) is 26.5. The zero-order valence-corrected chi connectivity index (χ0v) is 25.1. The molecular weight excluding hydrogens is 557 g/mol. The van der Waals surface area contributed by atoms with Gasteiger partial charge in [0.15, 0.2) is 0 Å². The SMILES string of the molecule is CN1C(c2ccccc2)N=C(c2ccccc2)NC1c1cccc(-c2ccc3ccc4nc(-c5ccccc5)sc4c3c2)c1. The van der Waals surface area contributed by atoms with Crippen molar-refractivity contribution in [1.29, 1.82) is 0 Å². The normalized spacial score (nSPS) is 17.0. The van der Waals surface area contributed by atoms with Gasteiger partial charge in [0.2, 0.25) is 0 Å². The second-order valence-corrected chi connectivity index (χ2v) is 12.2. The van der Waals surface area contributed by atoms with Gasteiger partial charge in [-0.2, -0.15) is 0 Å². The molecule has 44 heavy (non-hydrogen) atoms. The summed E-state index contributed by atoms with van der Waals surface area (Å²) in [4.78, 5) is 12.5. The van der Waals surface area contributed by atoms with E-state index in [9.17, 15) is 0 Å². The van der Waals surface area contributed by atoms with Crippen LogP contribution in [0.4, 0.5) is 0 Å². The molecule has 4 nitrogen and oxygen atoms in total. The number of hydrogen-bond donors (Lipinski definition) is 1. The molecule has 2 atom stereocenters. The van der Waals surface area contributed by atoms with Crippen LogP contribution in [0.25, 0.3) is 42.7 Å². The lowest BCUT2D eigenvalue weighted by molar-refractivity contribution is 0.152. The molecule has 8 rings (SSSR count). The Morgan fingerprint density at radius 1 is 0.614 bits per heavy atom. The number of thiazole rings is 1. The second kappa shape index (κ2) is 11.2. The van der Waals surface area contributed by atoms with E-state index in [0.717, 1.165) is 27.5 Å². The Morgan fingerprint density at radius 2 is 1.25 bits per heavy atom. The van der Waals surface area contributed by atoms with Crippen molar-refractivity contribution in [2.75, 3.05) is 7.05 Å². The predicted octanol–water partition coefficient (Wildman–Crippen LogP) is 9.46. The Hall–Kier alpha value is -5.10.